The Bertz CT molecular complexity index is 341. The zero-order valence-electron chi connectivity index (χ0n) is 9.88. The molecular formula is C13H18F2O2. The number of ether oxygens (including phenoxy) is 2. The first-order valence-electron chi connectivity index (χ1n) is 6.75. The highest BCUT2D eigenvalue weighted by atomic mass is 19.3. The lowest BCUT2D eigenvalue weighted by Crippen LogP contribution is -2.23. The minimum atomic E-state index is -2.39. The van der Waals surface area contributed by atoms with Crippen LogP contribution in [-0.4, -0.2) is 25.4 Å². The van der Waals surface area contributed by atoms with Crippen molar-refractivity contribution in [3.05, 3.63) is 0 Å². The predicted molar refractivity (Wildman–Crippen MR) is 56.7 cm³/mol. The van der Waals surface area contributed by atoms with Gasteiger partial charge in [0.25, 0.3) is 5.92 Å². The van der Waals surface area contributed by atoms with Crippen LogP contribution in [0.4, 0.5) is 8.78 Å². The monoisotopic (exact) mass is 244 g/mol. The molecule has 2 spiro atoms. The van der Waals surface area contributed by atoms with Crippen molar-refractivity contribution in [3.8, 4) is 0 Å². The molecule has 3 aliphatic carbocycles. The Hall–Kier alpha value is -0.220. The molecule has 0 aromatic rings. The minimum Gasteiger partial charge on any atom is -0.353 e. The van der Waals surface area contributed by atoms with Crippen LogP contribution in [0.2, 0.25) is 0 Å². The molecule has 0 aromatic carbocycles. The molecule has 0 bridgehead atoms. The highest BCUT2D eigenvalue weighted by Gasteiger charge is 3.02. The second-order valence-electron chi connectivity index (χ2n) is 6.16. The van der Waals surface area contributed by atoms with E-state index in [0.29, 0.717) is 13.0 Å². The third-order valence-electron chi connectivity index (χ3n) is 5.43. The molecule has 17 heavy (non-hydrogen) atoms. The van der Waals surface area contributed by atoms with Gasteiger partial charge < -0.3 is 9.47 Å². The molecule has 0 amide bonds. The third kappa shape index (κ3) is 1.12. The number of hydrogen-bond donors (Lipinski definition) is 0. The molecule has 1 heterocycles. The van der Waals surface area contributed by atoms with Crippen molar-refractivity contribution in [2.75, 3.05) is 13.2 Å². The Morgan fingerprint density at radius 2 is 2.06 bits per heavy atom. The van der Waals surface area contributed by atoms with Crippen LogP contribution in [0, 0.1) is 16.7 Å². The van der Waals surface area contributed by atoms with Gasteiger partial charge in [0.2, 0.25) is 0 Å². The SMILES string of the molecule is FC1(F)C2(CC2)[C@]12C[C@H]2COC1CCCCO1. The maximum absolute atomic E-state index is 13.7. The first-order valence-corrected chi connectivity index (χ1v) is 6.75. The van der Waals surface area contributed by atoms with Gasteiger partial charge in [-0.1, -0.05) is 0 Å². The highest BCUT2D eigenvalue weighted by Crippen LogP contribution is 2.97. The molecule has 1 aliphatic heterocycles. The molecule has 2 nitrogen and oxygen atoms in total. The Balaban J connectivity index is 1.32. The summed E-state index contributed by atoms with van der Waals surface area (Å²) >= 11 is 0. The number of hydrogen-bond acceptors (Lipinski definition) is 2. The van der Waals surface area contributed by atoms with Gasteiger partial charge in [-0.05, 0) is 44.4 Å². The molecule has 1 saturated heterocycles. The smallest absolute Gasteiger partial charge is 0.261 e. The zero-order chi connectivity index (χ0) is 11.7. The summed E-state index contributed by atoms with van der Waals surface area (Å²) in [5.41, 5.74) is -1.23. The van der Waals surface area contributed by atoms with E-state index < -0.39 is 16.8 Å². The van der Waals surface area contributed by atoms with Crippen LogP contribution in [0.25, 0.3) is 0 Å². The molecule has 0 aromatic heterocycles. The fraction of sp³-hybridized carbons (Fsp3) is 1.00. The summed E-state index contributed by atoms with van der Waals surface area (Å²) in [4.78, 5) is 0. The lowest BCUT2D eigenvalue weighted by Gasteiger charge is -2.22. The van der Waals surface area contributed by atoms with Gasteiger partial charge in [-0.25, -0.2) is 8.78 Å². The van der Waals surface area contributed by atoms with Crippen LogP contribution in [-0.2, 0) is 9.47 Å². The standard InChI is InChI=1S/C13H18F2O2/c14-13(15)11(4-5-11)12(13)7-9(12)8-17-10-3-1-2-6-16-10/h9-10H,1-8H2/t9-,10?,12+/m0/s1. The molecule has 0 N–H and O–H groups in total. The van der Waals surface area contributed by atoms with E-state index in [9.17, 15) is 8.78 Å². The normalized spacial score (nSPS) is 48.4. The summed E-state index contributed by atoms with van der Waals surface area (Å²) in [7, 11) is 0. The van der Waals surface area contributed by atoms with Crippen LogP contribution in [0.15, 0.2) is 0 Å². The zero-order valence-corrected chi connectivity index (χ0v) is 9.88. The first-order chi connectivity index (χ1) is 8.14. The molecule has 4 heteroatoms. The van der Waals surface area contributed by atoms with E-state index in [0.717, 1.165) is 38.7 Å². The van der Waals surface area contributed by atoms with Gasteiger partial charge in [0.05, 0.1) is 12.0 Å². The van der Waals surface area contributed by atoms with Crippen molar-refractivity contribution in [1.82, 2.24) is 0 Å². The van der Waals surface area contributed by atoms with Crippen LogP contribution >= 0.6 is 0 Å². The number of halogens is 2. The molecule has 4 rings (SSSR count). The third-order valence-corrected chi connectivity index (χ3v) is 5.43. The van der Waals surface area contributed by atoms with Crippen molar-refractivity contribution >= 4 is 0 Å². The van der Waals surface area contributed by atoms with Crippen molar-refractivity contribution in [1.29, 1.82) is 0 Å². The summed E-state index contributed by atoms with van der Waals surface area (Å²) in [6.45, 7) is 1.22. The Morgan fingerprint density at radius 3 is 2.65 bits per heavy atom. The Morgan fingerprint density at radius 1 is 1.24 bits per heavy atom. The largest absolute Gasteiger partial charge is 0.353 e. The van der Waals surface area contributed by atoms with Crippen molar-refractivity contribution < 1.29 is 18.3 Å². The van der Waals surface area contributed by atoms with Crippen LogP contribution in [0.5, 0.6) is 0 Å². The fourth-order valence-electron chi connectivity index (χ4n) is 4.15. The highest BCUT2D eigenvalue weighted by molar-refractivity contribution is 5.43. The average molecular weight is 244 g/mol. The van der Waals surface area contributed by atoms with Gasteiger partial charge in [0, 0.05) is 12.0 Å². The van der Waals surface area contributed by atoms with E-state index in [1.54, 1.807) is 0 Å². The Kier molecular flexibility index (Phi) is 1.90. The van der Waals surface area contributed by atoms with E-state index in [-0.39, 0.29) is 12.2 Å². The van der Waals surface area contributed by atoms with E-state index >= 15 is 0 Å². The molecule has 0 radical (unpaired) electrons. The predicted octanol–water partition coefficient (Wildman–Crippen LogP) is 2.97. The van der Waals surface area contributed by atoms with Crippen LogP contribution in [0.1, 0.15) is 38.5 Å². The number of alkyl halides is 2. The molecule has 4 fully saturated rings. The fourth-order valence-corrected chi connectivity index (χ4v) is 4.15. The summed E-state index contributed by atoms with van der Waals surface area (Å²) in [5, 5.41) is 0. The Labute approximate surface area is 99.7 Å². The maximum atomic E-state index is 13.7. The molecule has 3 saturated carbocycles. The van der Waals surface area contributed by atoms with Gasteiger partial charge in [-0.15, -0.1) is 0 Å². The number of rotatable bonds is 3. The summed E-state index contributed by atoms with van der Waals surface area (Å²) < 4.78 is 38.6. The van der Waals surface area contributed by atoms with Gasteiger partial charge in [-0.2, -0.15) is 0 Å². The molecule has 1 unspecified atom stereocenters. The quantitative estimate of drug-likeness (QED) is 0.760. The topological polar surface area (TPSA) is 18.5 Å². The second kappa shape index (κ2) is 3.02. The van der Waals surface area contributed by atoms with E-state index in [1.807, 2.05) is 0 Å². The summed E-state index contributed by atoms with van der Waals surface area (Å²) in [5.74, 6) is -2.30. The van der Waals surface area contributed by atoms with Crippen molar-refractivity contribution in [2.45, 2.75) is 50.7 Å². The van der Waals surface area contributed by atoms with E-state index in [4.69, 9.17) is 9.47 Å². The maximum Gasteiger partial charge on any atom is 0.261 e. The van der Waals surface area contributed by atoms with E-state index in [2.05, 4.69) is 0 Å². The van der Waals surface area contributed by atoms with Gasteiger partial charge in [-0.3, -0.25) is 0 Å². The van der Waals surface area contributed by atoms with E-state index in [1.165, 1.54) is 0 Å². The summed E-state index contributed by atoms with van der Waals surface area (Å²) in [6, 6.07) is 0. The second-order valence-corrected chi connectivity index (χ2v) is 6.16. The van der Waals surface area contributed by atoms with Crippen molar-refractivity contribution in [3.63, 3.8) is 0 Å². The average Bonchev–Trinajstić information content (AvgIpc) is 3.21. The van der Waals surface area contributed by atoms with Crippen LogP contribution < -0.4 is 0 Å². The minimum absolute atomic E-state index is 0.0885. The van der Waals surface area contributed by atoms with Gasteiger partial charge in [0.1, 0.15) is 0 Å². The molecule has 4 aliphatic rings. The molecular weight excluding hydrogens is 226 g/mol. The lowest BCUT2D eigenvalue weighted by atomic mass is 10.2. The summed E-state index contributed by atoms with van der Waals surface area (Å²) in [6.07, 6.45) is 5.14. The van der Waals surface area contributed by atoms with Crippen molar-refractivity contribution in [2.24, 2.45) is 16.7 Å². The number of fused-ring (bicyclic) bond motifs is 1. The lowest BCUT2D eigenvalue weighted by molar-refractivity contribution is -0.165. The molecule has 96 valence electrons. The molecule has 3 atom stereocenters. The van der Waals surface area contributed by atoms with Gasteiger partial charge in [0.15, 0.2) is 6.29 Å². The van der Waals surface area contributed by atoms with Crippen LogP contribution in [0.3, 0.4) is 0 Å². The first kappa shape index (κ1) is 10.7. The van der Waals surface area contributed by atoms with Gasteiger partial charge >= 0.3 is 0 Å².